The van der Waals surface area contributed by atoms with E-state index in [2.05, 4.69) is 5.32 Å². The second-order valence-electron chi connectivity index (χ2n) is 8.31. The maximum Gasteiger partial charge on any atom is 0.282 e. The highest BCUT2D eigenvalue weighted by molar-refractivity contribution is 6.46. The molecule has 0 spiro atoms. The third-order valence-electron chi connectivity index (χ3n) is 5.30. The maximum atomic E-state index is 13.8. The Labute approximate surface area is 192 Å². The van der Waals surface area contributed by atoms with Crippen LogP contribution in [0.5, 0.6) is 5.75 Å². The smallest absolute Gasteiger partial charge is 0.282 e. The van der Waals surface area contributed by atoms with Crippen LogP contribution in [0.25, 0.3) is 5.57 Å². The molecule has 0 aromatic heterocycles. The van der Waals surface area contributed by atoms with Gasteiger partial charge in [0, 0.05) is 5.69 Å². The molecule has 0 unspecified atom stereocenters. The summed E-state index contributed by atoms with van der Waals surface area (Å²) in [4.78, 5) is 28.3. The molecule has 0 aliphatic carbocycles. The zero-order valence-electron chi connectivity index (χ0n) is 19.0. The van der Waals surface area contributed by atoms with Gasteiger partial charge in [0.1, 0.15) is 17.3 Å². The second-order valence-corrected chi connectivity index (χ2v) is 8.31. The lowest BCUT2D eigenvalue weighted by atomic mass is 10.0. The summed E-state index contributed by atoms with van der Waals surface area (Å²) in [6.45, 7) is 7.62. The standard InChI is InChI=1S/C27H25FN2O3/c1-16(2)33-22-12-10-19(11-13-22)24-25(29-21-7-5-6-20(28)15-21)27(32)30(26(24)31)23-14-17(3)8-9-18(23)4/h5-16,29H,1-4H3. The highest BCUT2D eigenvalue weighted by Crippen LogP contribution is 2.36. The molecule has 3 aromatic carbocycles. The molecular weight excluding hydrogens is 419 g/mol. The van der Waals surface area contributed by atoms with Crippen molar-refractivity contribution < 1.29 is 18.7 Å². The predicted molar refractivity (Wildman–Crippen MR) is 128 cm³/mol. The second kappa shape index (κ2) is 8.90. The summed E-state index contributed by atoms with van der Waals surface area (Å²) in [5.41, 5.74) is 3.53. The van der Waals surface area contributed by atoms with Crippen LogP contribution in [-0.2, 0) is 9.59 Å². The van der Waals surface area contributed by atoms with Crippen LogP contribution >= 0.6 is 0 Å². The number of rotatable bonds is 6. The van der Waals surface area contributed by atoms with Crippen molar-refractivity contribution in [1.29, 1.82) is 0 Å². The van der Waals surface area contributed by atoms with Gasteiger partial charge in [-0.1, -0.05) is 30.3 Å². The van der Waals surface area contributed by atoms with Crippen LogP contribution in [0.2, 0.25) is 0 Å². The minimum absolute atomic E-state index is 0.00903. The van der Waals surface area contributed by atoms with Crippen LogP contribution in [0, 0.1) is 19.7 Å². The molecular formula is C27H25FN2O3. The Morgan fingerprint density at radius 2 is 1.64 bits per heavy atom. The molecule has 6 heteroatoms. The van der Waals surface area contributed by atoms with Gasteiger partial charge in [-0.3, -0.25) is 9.59 Å². The molecule has 33 heavy (non-hydrogen) atoms. The lowest BCUT2D eigenvalue weighted by Gasteiger charge is -2.18. The minimum atomic E-state index is -0.490. The van der Waals surface area contributed by atoms with Gasteiger partial charge >= 0.3 is 0 Å². The first-order chi connectivity index (χ1) is 15.7. The van der Waals surface area contributed by atoms with Gasteiger partial charge in [-0.05, 0) is 80.8 Å². The Morgan fingerprint density at radius 3 is 2.30 bits per heavy atom. The first-order valence-corrected chi connectivity index (χ1v) is 10.7. The number of carbonyl (C=O) groups excluding carboxylic acids is 2. The Hall–Kier alpha value is -3.93. The van der Waals surface area contributed by atoms with Crippen LogP contribution in [0.1, 0.15) is 30.5 Å². The van der Waals surface area contributed by atoms with Gasteiger partial charge in [0.05, 0.1) is 17.4 Å². The topological polar surface area (TPSA) is 58.6 Å². The summed E-state index contributed by atoms with van der Waals surface area (Å²) in [5.74, 6) is -0.710. The fourth-order valence-electron chi connectivity index (χ4n) is 3.78. The molecule has 0 saturated heterocycles. The molecule has 1 heterocycles. The number of nitrogens with zero attached hydrogens (tertiary/aromatic N) is 1. The van der Waals surface area contributed by atoms with Gasteiger partial charge in [-0.15, -0.1) is 0 Å². The molecule has 5 nitrogen and oxygen atoms in total. The quantitative estimate of drug-likeness (QED) is 0.501. The highest BCUT2D eigenvalue weighted by atomic mass is 19.1. The molecule has 0 fully saturated rings. The normalized spacial score (nSPS) is 13.8. The van der Waals surface area contributed by atoms with Gasteiger partial charge in [-0.25, -0.2) is 9.29 Å². The Balaban J connectivity index is 1.81. The molecule has 3 aromatic rings. The van der Waals surface area contributed by atoms with E-state index in [1.54, 1.807) is 36.4 Å². The third-order valence-corrected chi connectivity index (χ3v) is 5.30. The van der Waals surface area contributed by atoms with Crippen molar-refractivity contribution in [1.82, 2.24) is 0 Å². The van der Waals surface area contributed by atoms with Crippen molar-refractivity contribution in [2.45, 2.75) is 33.8 Å². The number of ether oxygens (including phenoxy) is 1. The lowest BCUT2D eigenvalue weighted by Crippen LogP contribution is -2.33. The van der Waals surface area contributed by atoms with Crippen molar-refractivity contribution in [3.63, 3.8) is 0 Å². The summed E-state index contributed by atoms with van der Waals surface area (Å²) < 4.78 is 19.5. The monoisotopic (exact) mass is 444 g/mol. The van der Waals surface area contributed by atoms with Gasteiger partial charge < -0.3 is 10.1 Å². The van der Waals surface area contributed by atoms with E-state index < -0.39 is 17.6 Å². The van der Waals surface area contributed by atoms with E-state index in [4.69, 9.17) is 4.74 Å². The van der Waals surface area contributed by atoms with E-state index >= 15 is 0 Å². The number of hydrogen-bond donors (Lipinski definition) is 1. The molecule has 168 valence electrons. The Morgan fingerprint density at radius 1 is 0.909 bits per heavy atom. The fourth-order valence-corrected chi connectivity index (χ4v) is 3.78. The van der Waals surface area contributed by atoms with E-state index in [0.29, 0.717) is 22.7 Å². The number of benzene rings is 3. The average Bonchev–Trinajstić information content (AvgIpc) is 3.00. The van der Waals surface area contributed by atoms with Crippen molar-refractivity contribution in [3.05, 3.63) is 94.9 Å². The van der Waals surface area contributed by atoms with Crippen LogP contribution in [0.4, 0.5) is 15.8 Å². The molecule has 2 amide bonds. The number of carbonyl (C=O) groups is 2. The predicted octanol–water partition coefficient (Wildman–Crippen LogP) is 5.63. The van der Waals surface area contributed by atoms with Gasteiger partial charge in [0.2, 0.25) is 0 Å². The number of imide groups is 1. The minimum Gasteiger partial charge on any atom is -0.491 e. The number of aryl methyl sites for hydroxylation is 2. The number of nitrogens with one attached hydrogen (secondary N) is 1. The first kappa shape index (κ1) is 22.3. The molecule has 0 atom stereocenters. The fraction of sp³-hybridized carbons (Fsp3) is 0.185. The van der Waals surface area contributed by atoms with Crippen molar-refractivity contribution >= 4 is 28.8 Å². The van der Waals surface area contributed by atoms with E-state index in [0.717, 1.165) is 11.1 Å². The Kier molecular flexibility index (Phi) is 6.01. The number of amides is 2. The summed E-state index contributed by atoms with van der Waals surface area (Å²) >= 11 is 0. The van der Waals surface area contributed by atoms with E-state index in [-0.39, 0.29) is 17.4 Å². The number of halogens is 1. The van der Waals surface area contributed by atoms with E-state index in [1.807, 2.05) is 45.9 Å². The van der Waals surface area contributed by atoms with Crippen molar-refractivity contribution in [2.75, 3.05) is 10.2 Å². The van der Waals surface area contributed by atoms with Crippen LogP contribution in [0.15, 0.2) is 72.4 Å². The highest BCUT2D eigenvalue weighted by Gasteiger charge is 2.40. The van der Waals surface area contributed by atoms with Crippen LogP contribution in [-0.4, -0.2) is 17.9 Å². The summed E-state index contributed by atoms with van der Waals surface area (Å²) in [5, 5.41) is 2.99. The average molecular weight is 445 g/mol. The lowest BCUT2D eigenvalue weighted by molar-refractivity contribution is -0.120. The van der Waals surface area contributed by atoms with Crippen LogP contribution < -0.4 is 15.0 Å². The van der Waals surface area contributed by atoms with Gasteiger partial charge in [0.15, 0.2) is 0 Å². The maximum absolute atomic E-state index is 13.8. The first-order valence-electron chi connectivity index (χ1n) is 10.7. The molecule has 1 aliphatic heterocycles. The Bertz CT molecular complexity index is 1260. The molecule has 1 N–H and O–H groups in total. The van der Waals surface area contributed by atoms with Gasteiger partial charge in [0.25, 0.3) is 11.8 Å². The van der Waals surface area contributed by atoms with E-state index in [1.165, 1.54) is 17.0 Å². The SMILES string of the molecule is Cc1ccc(C)c(N2C(=O)C(Nc3cccc(F)c3)=C(c3ccc(OC(C)C)cc3)C2=O)c1. The van der Waals surface area contributed by atoms with Crippen molar-refractivity contribution in [3.8, 4) is 5.75 Å². The largest absolute Gasteiger partial charge is 0.491 e. The van der Waals surface area contributed by atoms with E-state index in [9.17, 15) is 14.0 Å². The molecule has 0 saturated carbocycles. The third kappa shape index (κ3) is 4.51. The summed E-state index contributed by atoms with van der Waals surface area (Å²) in [6.07, 6.45) is 0.00903. The summed E-state index contributed by atoms with van der Waals surface area (Å²) in [6, 6.07) is 18.4. The number of hydrogen-bond acceptors (Lipinski definition) is 4. The van der Waals surface area contributed by atoms with Crippen molar-refractivity contribution in [2.24, 2.45) is 0 Å². The zero-order chi connectivity index (χ0) is 23.7. The number of anilines is 2. The summed E-state index contributed by atoms with van der Waals surface area (Å²) in [7, 11) is 0. The molecule has 0 bridgehead atoms. The molecule has 1 aliphatic rings. The van der Waals surface area contributed by atoms with Crippen LogP contribution in [0.3, 0.4) is 0 Å². The zero-order valence-corrected chi connectivity index (χ0v) is 19.0. The molecule has 0 radical (unpaired) electrons. The van der Waals surface area contributed by atoms with Gasteiger partial charge in [-0.2, -0.15) is 0 Å². The molecule has 4 rings (SSSR count).